The van der Waals surface area contributed by atoms with E-state index in [0.717, 1.165) is 16.3 Å². The molecule has 1 unspecified atom stereocenters. The maximum absolute atomic E-state index is 10.0. The molecule has 3 nitrogen and oxygen atoms in total. The highest BCUT2D eigenvalue weighted by molar-refractivity contribution is 7.09. The number of furan rings is 1. The summed E-state index contributed by atoms with van der Waals surface area (Å²) in [6, 6.07) is 13.6. The molecule has 19 heavy (non-hydrogen) atoms. The van der Waals surface area contributed by atoms with Crippen molar-refractivity contribution in [1.82, 2.24) is 4.98 Å². The Morgan fingerprint density at radius 2 is 2.00 bits per heavy atom. The third kappa shape index (κ3) is 2.75. The molecule has 0 aliphatic heterocycles. The first-order valence-corrected chi connectivity index (χ1v) is 6.92. The molecular formula is C15H13NO2S. The van der Waals surface area contributed by atoms with Crippen LogP contribution in [-0.4, -0.2) is 10.1 Å². The summed E-state index contributed by atoms with van der Waals surface area (Å²) in [4.78, 5) is 4.55. The summed E-state index contributed by atoms with van der Waals surface area (Å²) in [5.74, 6) is 0.580. The lowest BCUT2D eigenvalue weighted by molar-refractivity contribution is 0.150. The van der Waals surface area contributed by atoms with E-state index in [-0.39, 0.29) is 0 Å². The Labute approximate surface area is 115 Å². The fourth-order valence-electron chi connectivity index (χ4n) is 1.89. The molecular weight excluding hydrogens is 258 g/mol. The van der Waals surface area contributed by atoms with Crippen molar-refractivity contribution in [3.05, 3.63) is 64.9 Å². The molecule has 96 valence electrons. The Bertz CT molecular complexity index is 631. The molecule has 0 bridgehead atoms. The molecule has 4 heteroatoms. The number of hydrogen-bond donors (Lipinski definition) is 1. The first kappa shape index (κ1) is 12.1. The summed E-state index contributed by atoms with van der Waals surface area (Å²) in [6.07, 6.45) is 1.41. The third-order valence-electron chi connectivity index (χ3n) is 2.86. The van der Waals surface area contributed by atoms with Crippen molar-refractivity contribution in [2.24, 2.45) is 0 Å². The van der Waals surface area contributed by atoms with Gasteiger partial charge in [0, 0.05) is 17.4 Å². The minimum atomic E-state index is -0.634. The van der Waals surface area contributed by atoms with Gasteiger partial charge in [-0.15, -0.1) is 11.3 Å². The number of hydrogen-bond acceptors (Lipinski definition) is 4. The van der Waals surface area contributed by atoms with E-state index in [2.05, 4.69) is 4.98 Å². The van der Waals surface area contributed by atoms with Gasteiger partial charge in [0.25, 0.3) is 0 Å². The van der Waals surface area contributed by atoms with Crippen LogP contribution in [0.1, 0.15) is 16.9 Å². The molecule has 0 amide bonds. The van der Waals surface area contributed by atoms with E-state index >= 15 is 0 Å². The predicted molar refractivity (Wildman–Crippen MR) is 74.9 cm³/mol. The lowest BCUT2D eigenvalue weighted by atomic mass is 10.2. The van der Waals surface area contributed by atoms with Gasteiger partial charge in [-0.2, -0.15) is 0 Å². The smallest absolute Gasteiger partial charge is 0.132 e. The maximum Gasteiger partial charge on any atom is 0.132 e. The molecule has 0 spiro atoms. The molecule has 0 fully saturated rings. The van der Waals surface area contributed by atoms with Crippen molar-refractivity contribution < 1.29 is 9.52 Å². The monoisotopic (exact) mass is 271 g/mol. The van der Waals surface area contributed by atoms with Gasteiger partial charge in [-0.1, -0.05) is 30.3 Å². The normalized spacial score (nSPS) is 12.5. The topological polar surface area (TPSA) is 46.3 Å². The number of rotatable bonds is 4. The van der Waals surface area contributed by atoms with Crippen molar-refractivity contribution >= 4 is 11.3 Å². The van der Waals surface area contributed by atoms with E-state index in [1.807, 2.05) is 35.7 Å². The molecule has 0 aliphatic carbocycles. The lowest BCUT2D eigenvalue weighted by Gasteiger charge is -2.04. The summed E-state index contributed by atoms with van der Waals surface area (Å²) in [5.41, 5.74) is 2.05. The van der Waals surface area contributed by atoms with Crippen LogP contribution < -0.4 is 0 Å². The molecule has 1 aromatic carbocycles. The van der Waals surface area contributed by atoms with E-state index in [1.54, 1.807) is 29.7 Å². The summed E-state index contributed by atoms with van der Waals surface area (Å²) in [6.45, 7) is 0. The second kappa shape index (κ2) is 5.38. The zero-order valence-corrected chi connectivity index (χ0v) is 11.0. The Balaban J connectivity index is 1.75. The maximum atomic E-state index is 10.0. The van der Waals surface area contributed by atoms with Gasteiger partial charge in [0.15, 0.2) is 0 Å². The van der Waals surface area contributed by atoms with E-state index < -0.39 is 6.10 Å². The number of aliphatic hydroxyl groups is 1. The van der Waals surface area contributed by atoms with Crippen molar-refractivity contribution in [3.63, 3.8) is 0 Å². The molecule has 0 aliphatic rings. The SMILES string of the molecule is OC(Cc1nc(-c2ccccc2)cs1)c1ccco1. The number of aliphatic hydroxyl groups excluding tert-OH is 1. The highest BCUT2D eigenvalue weighted by Gasteiger charge is 2.14. The summed E-state index contributed by atoms with van der Waals surface area (Å²) < 4.78 is 5.19. The summed E-state index contributed by atoms with van der Waals surface area (Å²) >= 11 is 1.56. The Hall–Kier alpha value is -1.91. The quantitative estimate of drug-likeness (QED) is 0.787. The highest BCUT2D eigenvalue weighted by Crippen LogP contribution is 2.25. The average Bonchev–Trinajstić information content (AvgIpc) is 3.11. The van der Waals surface area contributed by atoms with Crippen LogP contribution in [0.15, 0.2) is 58.5 Å². The number of aromatic nitrogens is 1. The van der Waals surface area contributed by atoms with Gasteiger partial charge in [-0.05, 0) is 12.1 Å². The minimum absolute atomic E-state index is 0.477. The highest BCUT2D eigenvalue weighted by atomic mass is 32.1. The molecule has 0 saturated heterocycles. The van der Waals surface area contributed by atoms with Crippen LogP contribution in [0, 0.1) is 0 Å². The second-order valence-corrected chi connectivity index (χ2v) is 5.17. The van der Waals surface area contributed by atoms with Crippen LogP contribution in [0.4, 0.5) is 0 Å². The molecule has 1 atom stereocenters. The number of thiazole rings is 1. The second-order valence-electron chi connectivity index (χ2n) is 4.23. The molecule has 3 rings (SSSR count). The Morgan fingerprint density at radius 1 is 1.16 bits per heavy atom. The van der Waals surface area contributed by atoms with Gasteiger partial charge in [-0.25, -0.2) is 4.98 Å². The van der Waals surface area contributed by atoms with Crippen molar-refractivity contribution in [3.8, 4) is 11.3 Å². The van der Waals surface area contributed by atoms with Gasteiger partial charge in [0.2, 0.25) is 0 Å². The van der Waals surface area contributed by atoms with Gasteiger partial charge in [0.05, 0.1) is 17.0 Å². The van der Waals surface area contributed by atoms with Gasteiger partial charge >= 0.3 is 0 Å². The van der Waals surface area contributed by atoms with Crippen LogP contribution >= 0.6 is 11.3 Å². The van der Waals surface area contributed by atoms with Gasteiger partial charge in [-0.3, -0.25) is 0 Å². The largest absolute Gasteiger partial charge is 0.467 e. The minimum Gasteiger partial charge on any atom is -0.467 e. The van der Waals surface area contributed by atoms with Crippen molar-refractivity contribution in [1.29, 1.82) is 0 Å². The molecule has 2 aromatic heterocycles. The van der Waals surface area contributed by atoms with E-state index in [1.165, 1.54) is 0 Å². The number of nitrogens with zero attached hydrogens (tertiary/aromatic N) is 1. The van der Waals surface area contributed by atoms with E-state index in [4.69, 9.17) is 4.42 Å². The van der Waals surface area contributed by atoms with Crippen LogP contribution in [-0.2, 0) is 6.42 Å². The molecule has 2 heterocycles. The van der Waals surface area contributed by atoms with Crippen LogP contribution in [0.25, 0.3) is 11.3 Å². The number of benzene rings is 1. The summed E-state index contributed by atoms with van der Waals surface area (Å²) in [7, 11) is 0. The Kier molecular flexibility index (Phi) is 3.44. The molecule has 1 N–H and O–H groups in total. The zero-order chi connectivity index (χ0) is 13.1. The van der Waals surface area contributed by atoms with Crippen molar-refractivity contribution in [2.75, 3.05) is 0 Å². The first-order valence-electron chi connectivity index (χ1n) is 6.04. The van der Waals surface area contributed by atoms with Gasteiger partial charge in [0.1, 0.15) is 11.9 Å². The molecule has 0 radical (unpaired) electrons. The average molecular weight is 271 g/mol. The van der Waals surface area contributed by atoms with Crippen molar-refractivity contribution in [2.45, 2.75) is 12.5 Å². The summed E-state index contributed by atoms with van der Waals surface area (Å²) in [5, 5.41) is 12.9. The van der Waals surface area contributed by atoms with E-state index in [0.29, 0.717) is 12.2 Å². The van der Waals surface area contributed by atoms with Gasteiger partial charge < -0.3 is 9.52 Å². The predicted octanol–water partition coefficient (Wildman–Crippen LogP) is 3.68. The van der Waals surface area contributed by atoms with Crippen LogP contribution in [0.2, 0.25) is 0 Å². The lowest BCUT2D eigenvalue weighted by Crippen LogP contribution is -1.99. The fraction of sp³-hybridized carbons (Fsp3) is 0.133. The van der Waals surface area contributed by atoms with Crippen LogP contribution in [0.3, 0.4) is 0 Å². The van der Waals surface area contributed by atoms with E-state index in [9.17, 15) is 5.11 Å². The van der Waals surface area contributed by atoms with Crippen LogP contribution in [0.5, 0.6) is 0 Å². The first-order chi connectivity index (χ1) is 9.33. The third-order valence-corrected chi connectivity index (χ3v) is 3.73. The molecule has 0 saturated carbocycles. The molecule has 3 aromatic rings. The standard InChI is InChI=1S/C15H13NO2S/c17-13(14-7-4-8-18-14)9-15-16-12(10-19-15)11-5-2-1-3-6-11/h1-8,10,13,17H,9H2. The zero-order valence-electron chi connectivity index (χ0n) is 10.2. The Morgan fingerprint density at radius 3 is 2.74 bits per heavy atom. The fourth-order valence-corrected chi connectivity index (χ4v) is 2.73.